The molecule has 128 valence electrons. The number of hydrogen-bond acceptors (Lipinski definition) is 4. The van der Waals surface area contributed by atoms with Crippen molar-refractivity contribution in [1.82, 2.24) is 9.71 Å². The Balaban J connectivity index is 1.61. The van der Waals surface area contributed by atoms with E-state index in [1.165, 1.54) is 22.9 Å². The van der Waals surface area contributed by atoms with Crippen molar-refractivity contribution in [2.24, 2.45) is 5.92 Å². The summed E-state index contributed by atoms with van der Waals surface area (Å²) >= 11 is 0. The lowest BCUT2D eigenvalue weighted by Gasteiger charge is -2.10. The van der Waals surface area contributed by atoms with Gasteiger partial charge in [0.25, 0.3) is 0 Å². The van der Waals surface area contributed by atoms with E-state index in [2.05, 4.69) is 47.1 Å². The fourth-order valence-corrected chi connectivity index (χ4v) is 3.57. The molecule has 1 aromatic heterocycles. The topological polar surface area (TPSA) is 71.1 Å². The largest absolute Gasteiger partial charge is 0.366 e. The summed E-state index contributed by atoms with van der Waals surface area (Å²) in [6.07, 6.45) is 3.63. The van der Waals surface area contributed by atoms with Crippen molar-refractivity contribution in [3.63, 3.8) is 0 Å². The second-order valence-electron chi connectivity index (χ2n) is 6.46. The first-order chi connectivity index (χ1) is 11.4. The summed E-state index contributed by atoms with van der Waals surface area (Å²) in [6, 6.07) is 9.62. The number of benzene rings is 1. The molecular weight excluding hydrogens is 322 g/mol. The van der Waals surface area contributed by atoms with Crippen LogP contribution in [0, 0.1) is 19.8 Å². The molecule has 0 unspecified atom stereocenters. The third-order valence-electron chi connectivity index (χ3n) is 4.26. The minimum Gasteiger partial charge on any atom is -0.366 e. The number of nitrogens with one attached hydrogen (secondary N) is 2. The molecule has 3 rings (SSSR count). The second-order valence-corrected chi connectivity index (χ2v) is 8.22. The molecule has 0 spiro atoms. The highest BCUT2D eigenvalue weighted by Gasteiger charge is 2.24. The Morgan fingerprint density at radius 3 is 2.58 bits per heavy atom. The fraction of sp³-hybridized carbons (Fsp3) is 0.389. The average Bonchev–Trinajstić information content (AvgIpc) is 3.37. The maximum atomic E-state index is 12.2. The third-order valence-corrected chi connectivity index (χ3v) is 5.67. The van der Waals surface area contributed by atoms with Gasteiger partial charge in [0.15, 0.2) is 0 Å². The molecule has 1 aliphatic rings. The van der Waals surface area contributed by atoms with Crippen LogP contribution in [0.4, 0.5) is 5.82 Å². The lowest BCUT2D eigenvalue weighted by molar-refractivity contribution is 0.577. The summed E-state index contributed by atoms with van der Waals surface area (Å²) in [7, 11) is -3.45. The Kier molecular flexibility index (Phi) is 4.87. The predicted molar refractivity (Wildman–Crippen MR) is 95.4 cm³/mol. The number of hydrogen-bond donors (Lipinski definition) is 2. The van der Waals surface area contributed by atoms with E-state index in [0.29, 0.717) is 24.8 Å². The van der Waals surface area contributed by atoms with Gasteiger partial charge in [-0.05, 0) is 55.9 Å². The molecule has 2 N–H and O–H groups in total. The zero-order valence-corrected chi connectivity index (χ0v) is 14.9. The summed E-state index contributed by atoms with van der Waals surface area (Å²) in [6.45, 7) is 5.33. The van der Waals surface area contributed by atoms with Crippen molar-refractivity contribution in [1.29, 1.82) is 0 Å². The van der Waals surface area contributed by atoms with E-state index in [1.807, 2.05) is 0 Å². The number of aromatic nitrogens is 1. The molecular formula is C18H23N3O2S. The first kappa shape index (κ1) is 16.9. The van der Waals surface area contributed by atoms with Gasteiger partial charge >= 0.3 is 0 Å². The molecule has 0 saturated heterocycles. The van der Waals surface area contributed by atoms with E-state index in [4.69, 9.17) is 0 Å². The van der Waals surface area contributed by atoms with E-state index in [9.17, 15) is 8.42 Å². The van der Waals surface area contributed by atoms with Crippen molar-refractivity contribution < 1.29 is 8.42 Å². The zero-order chi connectivity index (χ0) is 17.2. The molecule has 1 aromatic carbocycles. The van der Waals surface area contributed by atoms with Crippen molar-refractivity contribution in [2.75, 3.05) is 11.9 Å². The molecule has 0 atom stereocenters. The standard InChI is InChI=1S/C18H23N3O2S/c1-13-3-6-16(14(2)9-13)11-19-18-8-7-17(12-20-18)24(22,23)21-10-15-4-5-15/h3,6-9,12,15,21H,4-5,10-11H2,1-2H3,(H,19,20). The number of pyridine rings is 1. The molecule has 24 heavy (non-hydrogen) atoms. The van der Waals surface area contributed by atoms with Crippen LogP contribution in [0.5, 0.6) is 0 Å². The Morgan fingerprint density at radius 1 is 1.17 bits per heavy atom. The molecule has 1 aliphatic carbocycles. The molecule has 0 amide bonds. The Labute approximate surface area is 143 Å². The molecule has 6 heteroatoms. The maximum Gasteiger partial charge on any atom is 0.242 e. The molecule has 2 aromatic rings. The van der Waals surface area contributed by atoms with Gasteiger partial charge in [0.2, 0.25) is 10.0 Å². The van der Waals surface area contributed by atoms with Crippen LogP contribution in [0.3, 0.4) is 0 Å². The monoisotopic (exact) mass is 345 g/mol. The molecule has 1 fully saturated rings. The normalized spacial score (nSPS) is 14.6. The van der Waals surface area contributed by atoms with Gasteiger partial charge in [-0.2, -0.15) is 0 Å². The van der Waals surface area contributed by atoms with Crippen LogP contribution in [0.15, 0.2) is 41.4 Å². The minimum atomic E-state index is -3.45. The van der Waals surface area contributed by atoms with Crippen LogP contribution < -0.4 is 10.0 Å². The van der Waals surface area contributed by atoms with Gasteiger partial charge < -0.3 is 5.32 Å². The van der Waals surface area contributed by atoms with E-state index in [0.717, 1.165) is 12.8 Å². The van der Waals surface area contributed by atoms with Crippen LogP contribution in [-0.4, -0.2) is 19.9 Å². The molecule has 0 bridgehead atoms. The molecule has 1 saturated carbocycles. The third kappa shape index (κ3) is 4.33. The Hall–Kier alpha value is -1.92. The van der Waals surface area contributed by atoms with Gasteiger partial charge in [0.1, 0.15) is 10.7 Å². The van der Waals surface area contributed by atoms with Gasteiger partial charge in [0, 0.05) is 19.3 Å². The van der Waals surface area contributed by atoms with Crippen LogP contribution in [-0.2, 0) is 16.6 Å². The number of rotatable bonds is 7. The maximum absolute atomic E-state index is 12.2. The van der Waals surface area contributed by atoms with Crippen molar-refractivity contribution >= 4 is 15.8 Å². The summed E-state index contributed by atoms with van der Waals surface area (Å²) in [4.78, 5) is 4.43. The van der Waals surface area contributed by atoms with Crippen molar-refractivity contribution in [3.05, 3.63) is 53.2 Å². The van der Waals surface area contributed by atoms with Gasteiger partial charge in [0.05, 0.1) is 0 Å². The minimum absolute atomic E-state index is 0.209. The lowest BCUT2D eigenvalue weighted by atomic mass is 10.1. The predicted octanol–water partition coefficient (Wildman–Crippen LogP) is 3.00. The SMILES string of the molecule is Cc1ccc(CNc2ccc(S(=O)(=O)NCC3CC3)cn2)c(C)c1. The highest BCUT2D eigenvalue weighted by molar-refractivity contribution is 7.89. The average molecular weight is 345 g/mol. The first-order valence-electron chi connectivity index (χ1n) is 8.20. The molecule has 1 heterocycles. The fourth-order valence-electron chi connectivity index (χ4n) is 2.51. The van der Waals surface area contributed by atoms with Crippen LogP contribution in [0.1, 0.15) is 29.5 Å². The zero-order valence-electron chi connectivity index (χ0n) is 14.0. The lowest BCUT2D eigenvalue weighted by Crippen LogP contribution is -2.25. The van der Waals surface area contributed by atoms with Gasteiger partial charge in [-0.1, -0.05) is 23.8 Å². The number of aryl methyl sites for hydroxylation is 2. The summed E-state index contributed by atoms with van der Waals surface area (Å²) < 4.78 is 27.0. The number of anilines is 1. The second kappa shape index (κ2) is 6.91. The smallest absolute Gasteiger partial charge is 0.242 e. The highest BCUT2D eigenvalue weighted by atomic mass is 32.2. The highest BCUT2D eigenvalue weighted by Crippen LogP contribution is 2.28. The summed E-state index contributed by atoms with van der Waals surface area (Å²) in [5, 5.41) is 3.23. The first-order valence-corrected chi connectivity index (χ1v) is 9.68. The van der Waals surface area contributed by atoms with Gasteiger partial charge in [-0.25, -0.2) is 18.1 Å². The molecule has 5 nitrogen and oxygen atoms in total. The summed E-state index contributed by atoms with van der Waals surface area (Å²) in [5.41, 5.74) is 3.67. The van der Waals surface area contributed by atoms with E-state index in [1.54, 1.807) is 12.1 Å². The summed E-state index contributed by atoms with van der Waals surface area (Å²) in [5.74, 6) is 1.17. The van der Waals surface area contributed by atoms with E-state index in [-0.39, 0.29) is 4.90 Å². The Bertz CT molecular complexity index is 813. The van der Waals surface area contributed by atoms with Crippen LogP contribution >= 0.6 is 0 Å². The van der Waals surface area contributed by atoms with Crippen molar-refractivity contribution in [3.8, 4) is 0 Å². The van der Waals surface area contributed by atoms with Gasteiger partial charge in [-0.15, -0.1) is 0 Å². The molecule has 0 aliphatic heterocycles. The quantitative estimate of drug-likeness (QED) is 0.809. The number of sulfonamides is 1. The molecule has 0 radical (unpaired) electrons. The van der Waals surface area contributed by atoms with Crippen LogP contribution in [0.2, 0.25) is 0 Å². The van der Waals surface area contributed by atoms with Gasteiger partial charge in [-0.3, -0.25) is 0 Å². The number of nitrogens with zero attached hydrogens (tertiary/aromatic N) is 1. The van der Waals surface area contributed by atoms with E-state index < -0.39 is 10.0 Å². The van der Waals surface area contributed by atoms with Crippen LogP contribution in [0.25, 0.3) is 0 Å². The van der Waals surface area contributed by atoms with Crippen molar-refractivity contribution in [2.45, 2.75) is 38.1 Å². The Morgan fingerprint density at radius 2 is 1.96 bits per heavy atom. The van der Waals surface area contributed by atoms with E-state index >= 15 is 0 Å².